The van der Waals surface area contributed by atoms with Gasteiger partial charge in [0.05, 0.1) is 5.92 Å². The molecular weight excluding hydrogens is 256 g/mol. The Bertz CT molecular complexity index is 473. The number of nitrogens with two attached hydrogens (primary N) is 1. The van der Waals surface area contributed by atoms with Crippen LogP contribution in [0.25, 0.3) is 0 Å². The van der Waals surface area contributed by atoms with Crippen molar-refractivity contribution < 1.29 is 14.7 Å². The Balaban J connectivity index is 2.71. The molecule has 0 saturated carbocycles. The Morgan fingerprint density at radius 3 is 2.50 bits per heavy atom. The molecule has 1 aromatic rings. The quantitative estimate of drug-likeness (QED) is 0.657. The van der Waals surface area contributed by atoms with Crippen molar-refractivity contribution in [3.8, 4) is 0 Å². The lowest BCUT2D eigenvalue weighted by Crippen LogP contribution is -2.45. The van der Waals surface area contributed by atoms with Gasteiger partial charge in [0.2, 0.25) is 5.91 Å². The first kappa shape index (κ1) is 15.9. The summed E-state index contributed by atoms with van der Waals surface area (Å²) in [4.78, 5) is 23.1. The van der Waals surface area contributed by atoms with Crippen molar-refractivity contribution in [3.63, 3.8) is 0 Å². The van der Waals surface area contributed by atoms with E-state index in [-0.39, 0.29) is 12.3 Å². The highest BCUT2D eigenvalue weighted by atomic mass is 16.4. The Morgan fingerprint density at radius 2 is 2.00 bits per heavy atom. The lowest BCUT2D eigenvalue weighted by Gasteiger charge is -2.22. The molecule has 0 spiro atoms. The van der Waals surface area contributed by atoms with Gasteiger partial charge in [-0.2, -0.15) is 0 Å². The summed E-state index contributed by atoms with van der Waals surface area (Å²) in [5.74, 6) is -1.99. The molecule has 3 atom stereocenters. The molecule has 1 amide bonds. The van der Waals surface area contributed by atoms with Gasteiger partial charge in [-0.1, -0.05) is 43.3 Å². The number of benzene rings is 1. The number of aliphatic carboxylic acids is 1. The van der Waals surface area contributed by atoms with Gasteiger partial charge in [-0.05, 0) is 12.0 Å². The number of amides is 1. The lowest BCUT2D eigenvalue weighted by molar-refractivity contribution is -0.142. The number of rotatable bonds is 7. The molecule has 0 aliphatic heterocycles. The molecule has 0 aliphatic carbocycles. The van der Waals surface area contributed by atoms with Crippen LogP contribution in [0.4, 0.5) is 0 Å². The van der Waals surface area contributed by atoms with E-state index in [9.17, 15) is 9.59 Å². The maximum Gasteiger partial charge on any atom is 0.326 e. The minimum Gasteiger partial charge on any atom is -0.480 e. The molecular formula is C15H20N2O3. The third-order valence-corrected chi connectivity index (χ3v) is 3.15. The van der Waals surface area contributed by atoms with E-state index in [1.807, 2.05) is 30.3 Å². The molecule has 0 fully saturated rings. The van der Waals surface area contributed by atoms with Crippen LogP contribution in [0.1, 0.15) is 24.9 Å². The van der Waals surface area contributed by atoms with E-state index in [0.29, 0.717) is 0 Å². The fourth-order valence-corrected chi connectivity index (χ4v) is 1.82. The molecule has 0 bridgehead atoms. The highest BCUT2D eigenvalue weighted by molar-refractivity contribution is 5.85. The Morgan fingerprint density at radius 1 is 1.40 bits per heavy atom. The third-order valence-electron chi connectivity index (χ3n) is 3.15. The van der Waals surface area contributed by atoms with E-state index in [1.165, 1.54) is 6.08 Å². The van der Waals surface area contributed by atoms with Crippen molar-refractivity contribution in [1.29, 1.82) is 0 Å². The van der Waals surface area contributed by atoms with Crippen molar-refractivity contribution in [2.75, 3.05) is 0 Å². The van der Waals surface area contributed by atoms with Crippen LogP contribution < -0.4 is 11.1 Å². The second-order valence-corrected chi connectivity index (χ2v) is 4.65. The van der Waals surface area contributed by atoms with Crippen molar-refractivity contribution in [2.24, 2.45) is 11.7 Å². The Kier molecular flexibility index (Phi) is 5.93. The van der Waals surface area contributed by atoms with Gasteiger partial charge in [-0.15, -0.1) is 6.58 Å². The number of hydrogen-bond acceptors (Lipinski definition) is 3. The smallest absolute Gasteiger partial charge is 0.326 e. The highest BCUT2D eigenvalue weighted by Gasteiger charge is 2.26. The average Bonchev–Trinajstić information content (AvgIpc) is 2.45. The van der Waals surface area contributed by atoms with Crippen molar-refractivity contribution >= 4 is 11.9 Å². The lowest BCUT2D eigenvalue weighted by atomic mass is 9.94. The normalized spacial score (nSPS) is 14.9. The standard InChI is InChI=1S/C15H20N2O3/c1-3-7-12(15(19)20)17-14(18)10(2)13(16)11-8-5-4-6-9-11/h3-6,8-10,12-13H,1,7,16H2,2H3,(H,17,18)(H,19,20). The molecule has 4 N–H and O–H groups in total. The number of hydrogen-bond donors (Lipinski definition) is 3. The monoisotopic (exact) mass is 276 g/mol. The molecule has 0 saturated heterocycles. The summed E-state index contributed by atoms with van der Waals surface area (Å²) in [6.45, 7) is 5.16. The summed E-state index contributed by atoms with van der Waals surface area (Å²) in [6, 6.07) is 7.79. The number of carboxylic acids is 1. The molecule has 5 nitrogen and oxygen atoms in total. The van der Waals surface area contributed by atoms with Gasteiger partial charge >= 0.3 is 5.97 Å². The SMILES string of the molecule is C=CCC(NC(=O)C(C)C(N)c1ccccc1)C(=O)O. The fourth-order valence-electron chi connectivity index (χ4n) is 1.82. The molecule has 5 heteroatoms. The van der Waals surface area contributed by atoms with Crippen LogP contribution >= 0.6 is 0 Å². The van der Waals surface area contributed by atoms with Crippen LogP contribution in [0.15, 0.2) is 43.0 Å². The third kappa shape index (κ3) is 4.20. The van der Waals surface area contributed by atoms with Crippen molar-refractivity contribution in [3.05, 3.63) is 48.6 Å². The van der Waals surface area contributed by atoms with E-state index in [4.69, 9.17) is 10.8 Å². The van der Waals surface area contributed by atoms with Crippen LogP contribution in [0.5, 0.6) is 0 Å². The van der Waals surface area contributed by atoms with Crippen LogP contribution in [0.2, 0.25) is 0 Å². The Labute approximate surface area is 118 Å². The topological polar surface area (TPSA) is 92.4 Å². The maximum absolute atomic E-state index is 12.1. The summed E-state index contributed by atoms with van der Waals surface area (Å²) < 4.78 is 0. The summed E-state index contributed by atoms with van der Waals surface area (Å²) in [6.07, 6.45) is 1.63. The van der Waals surface area contributed by atoms with Crippen LogP contribution in [0.3, 0.4) is 0 Å². The summed E-state index contributed by atoms with van der Waals surface area (Å²) in [7, 11) is 0. The summed E-state index contributed by atoms with van der Waals surface area (Å²) >= 11 is 0. The van der Waals surface area contributed by atoms with Gasteiger partial charge in [0.1, 0.15) is 6.04 Å². The zero-order valence-electron chi connectivity index (χ0n) is 11.5. The van der Waals surface area contributed by atoms with E-state index in [2.05, 4.69) is 11.9 Å². The van der Waals surface area contributed by atoms with Crippen molar-refractivity contribution in [1.82, 2.24) is 5.32 Å². The van der Waals surface area contributed by atoms with Gasteiger partial charge in [0, 0.05) is 6.04 Å². The molecule has 0 heterocycles. The zero-order chi connectivity index (χ0) is 15.1. The molecule has 3 unspecified atom stereocenters. The Hall–Kier alpha value is -2.14. The molecule has 0 radical (unpaired) electrons. The summed E-state index contributed by atoms with van der Waals surface area (Å²) in [5, 5.41) is 11.5. The molecule has 108 valence electrons. The predicted octanol–water partition coefficient (Wildman–Crippen LogP) is 1.47. The zero-order valence-corrected chi connectivity index (χ0v) is 11.5. The highest BCUT2D eigenvalue weighted by Crippen LogP contribution is 2.19. The first-order valence-corrected chi connectivity index (χ1v) is 6.42. The van der Waals surface area contributed by atoms with Gasteiger partial charge in [-0.25, -0.2) is 4.79 Å². The van der Waals surface area contributed by atoms with Crippen LogP contribution in [0, 0.1) is 5.92 Å². The number of carboxylic acid groups (broad SMARTS) is 1. The molecule has 20 heavy (non-hydrogen) atoms. The van der Waals surface area contributed by atoms with Gasteiger partial charge < -0.3 is 16.2 Å². The number of carbonyl (C=O) groups is 2. The van der Waals surface area contributed by atoms with E-state index in [1.54, 1.807) is 6.92 Å². The van der Waals surface area contributed by atoms with Crippen LogP contribution in [-0.2, 0) is 9.59 Å². The minimum absolute atomic E-state index is 0.175. The number of nitrogens with one attached hydrogen (secondary N) is 1. The van der Waals surface area contributed by atoms with Gasteiger partial charge in [0.15, 0.2) is 0 Å². The van der Waals surface area contributed by atoms with Crippen LogP contribution in [-0.4, -0.2) is 23.0 Å². The fraction of sp³-hybridized carbons (Fsp3) is 0.333. The van der Waals surface area contributed by atoms with E-state index in [0.717, 1.165) is 5.56 Å². The number of carbonyl (C=O) groups excluding carboxylic acids is 1. The van der Waals surface area contributed by atoms with Gasteiger partial charge in [-0.3, -0.25) is 4.79 Å². The predicted molar refractivity (Wildman–Crippen MR) is 76.9 cm³/mol. The average molecular weight is 276 g/mol. The summed E-state index contributed by atoms with van der Waals surface area (Å²) in [5.41, 5.74) is 6.88. The molecule has 0 aromatic heterocycles. The largest absolute Gasteiger partial charge is 0.480 e. The first-order valence-electron chi connectivity index (χ1n) is 6.42. The van der Waals surface area contributed by atoms with E-state index < -0.39 is 24.0 Å². The van der Waals surface area contributed by atoms with Crippen molar-refractivity contribution in [2.45, 2.75) is 25.4 Å². The molecule has 1 rings (SSSR count). The van der Waals surface area contributed by atoms with Gasteiger partial charge in [0.25, 0.3) is 0 Å². The second-order valence-electron chi connectivity index (χ2n) is 4.65. The second kappa shape index (κ2) is 7.45. The minimum atomic E-state index is -1.08. The molecule has 1 aromatic carbocycles. The first-order chi connectivity index (χ1) is 9.47. The maximum atomic E-state index is 12.1. The molecule has 0 aliphatic rings. The van der Waals surface area contributed by atoms with E-state index >= 15 is 0 Å².